The molecule has 1 aromatic carbocycles. The van der Waals surface area contributed by atoms with Gasteiger partial charge >= 0.3 is 0 Å². The van der Waals surface area contributed by atoms with Gasteiger partial charge in [-0.2, -0.15) is 5.26 Å². The van der Waals surface area contributed by atoms with Crippen LogP contribution in [0.2, 0.25) is 0 Å². The van der Waals surface area contributed by atoms with Gasteiger partial charge in [-0.3, -0.25) is 9.58 Å². The Morgan fingerprint density at radius 2 is 2.10 bits per heavy atom. The monoisotopic (exact) mass is 264 g/mol. The van der Waals surface area contributed by atoms with E-state index in [1.807, 2.05) is 40.8 Å². The molecule has 98 valence electrons. The first kappa shape index (κ1) is 11.1. The third-order valence-electron chi connectivity index (χ3n) is 3.75. The van der Waals surface area contributed by atoms with Gasteiger partial charge in [0, 0.05) is 12.1 Å². The summed E-state index contributed by atoms with van der Waals surface area (Å²) in [5, 5.41) is 11.3. The summed E-state index contributed by atoms with van der Waals surface area (Å²) >= 11 is 0. The Kier molecular flexibility index (Phi) is 2.14. The number of para-hydroxylation sites is 2. The number of hydrogen-bond donors (Lipinski definition) is 2. The molecule has 1 aromatic heterocycles. The summed E-state index contributed by atoms with van der Waals surface area (Å²) in [5.74, 6) is 0. The number of aromatic nitrogens is 2. The third-order valence-corrected chi connectivity index (χ3v) is 3.75. The quantitative estimate of drug-likeness (QED) is 0.752. The number of nitrogens with zero attached hydrogens (tertiary/aromatic N) is 4. The largest absolute Gasteiger partial charge is 0.306 e. The van der Waals surface area contributed by atoms with E-state index in [0.29, 0.717) is 12.1 Å². The van der Waals surface area contributed by atoms with Crippen LogP contribution in [0.1, 0.15) is 18.3 Å². The Hall–Kier alpha value is -2.78. The van der Waals surface area contributed by atoms with E-state index in [4.69, 9.17) is 0 Å². The number of benzene rings is 1. The molecule has 20 heavy (non-hydrogen) atoms. The SMILES string of the molecule is CC1=C2Cc3c(C#N)ncn3-c3ccccc3N2NN1. The first-order chi connectivity index (χ1) is 9.79. The highest BCUT2D eigenvalue weighted by atomic mass is 15.7. The average molecular weight is 264 g/mol. The molecule has 0 bridgehead atoms. The molecule has 4 rings (SSSR count). The molecule has 0 saturated carbocycles. The number of allylic oxidation sites excluding steroid dienone is 2. The van der Waals surface area contributed by atoms with Crippen molar-refractivity contribution in [3.05, 3.63) is 53.4 Å². The molecule has 2 aromatic rings. The molecular formula is C14H12N6. The molecule has 0 saturated heterocycles. The van der Waals surface area contributed by atoms with Crippen molar-refractivity contribution in [2.45, 2.75) is 13.3 Å². The van der Waals surface area contributed by atoms with E-state index < -0.39 is 0 Å². The lowest BCUT2D eigenvalue weighted by atomic mass is 10.2. The standard InChI is InChI=1S/C14H12N6/c1-9-13-6-14-10(7-15)16-8-19(14)11-4-2-3-5-12(11)20(13)18-17-9/h2-5,8,17-18H,6H2,1H3. The zero-order chi connectivity index (χ0) is 13.7. The van der Waals surface area contributed by atoms with Crippen molar-refractivity contribution < 1.29 is 0 Å². The molecule has 0 radical (unpaired) electrons. The smallest absolute Gasteiger partial charge is 0.162 e. The summed E-state index contributed by atoms with van der Waals surface area (Å²) < 4.78 is 1.99. The number of hydrazine groups is 2. The molecule has 2 aliphatic rings. The molecule has 3 heterocycles. The number of hydrogen-bond acceptors (Lipinski definition) is 5. The van der Waals surface area contributed by atoms with Gasteiger partial charge in [-0.15, -0.1) is 5.53 Å². The predicted molar refractivity (Wildman–Crippen MR) is 73.4 cm³/mol. The summed E-state index contributed by atoms with van der Waals surface area (Å²) in [4.78, 5) is 4.22. The number of imidazole rings is 1. The van der Waals surface area contributed by atoms with Crippen LogP contribution in [0, 0.1) is 11.3 Å². The number of rotatable bonds is 0. The lowest BCUT2D eigenvalue weighted by Crippen LogP contribution is -2.38. The number of nitrogens with one attached hydrogen (secondary N) is 2. The van der Waals surface area contributed by atoms with E-state index in [2.05, 4.69) is 22.0 Å². The maximum Gasteiger partial charge on any atom is 0.162 e. The maximum atomic E-state index is 9.24. The van der Waals surface area contributed by atoms with Gasteiger partial charge in [0.25, 0.3) is 0 Å². The lowest BCUT2D eigenvalue weighted by molar-refractivity contribution is 0.653. The van der Waals surface area contributed by atoms with Crippen molar-refractivity contribution in [1.29, 1.82) is 5.26 Å². The Morgan fingerprint density at radius 1 is 1.30 bits per heavy atom. The van der Waals surface area contributed by atoms with Crippen LogP contribution in [0.15, 0.2) is 42.0 Å². The Bertz CT molecular complexity index is 779. The summed E-state index contributed by atoms with van der Waals surface area (Å²) in [6.45, 7) is 2.02. The minimum atomic E-state index is 0.480. The van der Waals surface area contributed by atoms with Gasteiger partial charge in [-0.1, -0.05) is 12.1 Å². The van der Waals surface area contributed by atoms with Gasteiger partial charge in [-0.05, 0) is 19.1 Å². The Morgan fingerprint density at radius 3 is 2.90 bits per heavy atom. The van der Waals surface area contributed by atoms with E-state index >= 15 is 0 Å². The van der Waals surface area contributed by atoms with E-state index in [1.165, 1.54) is 0 Å². The average Bonchev–Trinajstić information content (AvgIpc) is 3.01. The van der Waals surface area contributed by atoms with Crippen molar-refractivity contribution in [3.63, 3.8) is 0 Å². The van der Waals surface area contributed by atoms with Crippen LogP contribution in [-0.4, -0.2) is 9.55 Å². The van der Waals surface area contributed by atoms with Crippen LogP contribution in [0.5, 0.6) is 0 Å². The summed E-state index contributed by atoms with van der Waals surface area (Å²) in [5.41, 5.74) is 11.9. The zero-order valence-electron chi connectivity index (χ0n) is 10.9. The molecule has 0 fully saturated rings. The van der Waals surface area contributed by atoms with E-state index in [0.717, 1.165) is 28.5 Å². The van der Waals surface area contributed by atoms with Crippen LogP contribution in [0.3, 0.4) is 0 Å². The topological polar surface area (TPSA) is 68.9 Å². The van der Waals surface area contributed by atoms with Crippen LogP contribution < -0.4 is 16.0 Å². The van der Waals surface area contributed by atoms with Gasteiger partial charge < -0.3 is 5.43 Å². The minimum Gasteiger partial charge on any atom is -0.306 e. The molecule has 0 aliphatic carbocycles. The molecule has 6 heteroatoms. The highest BCUT2D eigenvalue weighted by Crippen LogP contribution is 2.35. The third kappa shape index (κ3) is 1.32. The molecule has 0 unspecified atom stereocenters. The molecular weight excluding hydrogens is 252 g/mol. The van der Waals surface area contributed by atoms with Crippen LogP contribution in [-0.2, 0) is 6.42 Å². The molecule has 0 atom stereocenters. The van der Waals surface area contributed by atoms with Gasteiger partial charge in [0.15, 0.2) is 5.69 Å². The maximum absolute atomic E-state index is 9.24. The van der Waals surface area contributed by atoms with E-state index in [1.54, 1.807) is 6.33 Å². The highest BCUT2D eigenvalue weighted by Gasteiger charge is 2.29. The van der Waals surface area contributed by atoms with Crippen LogP contribution >= 0.6 is 0 Å². The summed E-state index contributed by atoms with van der Waals surface area (Å²) in [6.07, 6.45) is 2.38. The molecule has 6 nitrogen and oxygen atoms in total. The fourth-order valence-corrected chi connectivity index (χ4v) is 2.72. The summed E-state index contributed by atoms with van der Waals surface area (Å²) in [6, 6.07) is 10.2. The Labute approximate surface area is 115 Å². The molecule has 2 N–H and O–H groups in total. The van der Waals surface area contributed by atoms with Gasteiger partial charge in [0.05, 0.1) is 22.8 Å². The van der Waals surface area contributed by atoms with Crippen molar-refractivity contribution in [2.24, 2.45) is 0 Å². The van der Waals surface area contributed by atoms with Crippen molar-refractivity contribution in [1.82, 2.24) is 20.5 Å². The minimum absolute atomic E-state index is 0.480. The Balaban J connectivity index is 2.05. The van der Waals surface area contributed by atoms with E-state index in [-0.39, 0.29) is 0 Å². The molecule has 2 aliphatic heterocycles. The lowest BCUT2D eigenvalue weighted by Gasteiger charge is -2.20. The second-order valence-corrected chi connectivity index (χ2v) is 4.83. The fraction of sp³-hybridized carbons (Fsp3) is 0.143. The molecule has 0 spiro atoms. The normalized spacial score (nSPS) is 15.9. The predicted octanol–water partition coefficient (Wildman–Crippen LogP) is 1.36. The highest BCUT2D eigenvalue weighted by molar-refractivity contribution is 5.69. The first-order valence-electron chi connectivity index (χ1n) is 6.37. The number of anilines is 1. The van der Waals surface area contributed by atoms with Gasteiger partial charge in [-0.25, -0.2) is 4.98 Å². The zero-order valence-corrected chi connectivity index (χ0v) is 10.9. The number of fused-ring (bicyclic) bond motifs is 5. The first-order valence-corrected chi connectivity index (χ1v) is 6.37. The van der Waals surface area contributed by atoms with Crippen molar-refractivity contribution in [3.8, 4) is 11.8 Å². The summed E-state index contributed by atoms with van der Waals surface area (Å²) in [7, 11) is 0. The van der Waals surface area contributed by atoms with Gasteiger partial charge in [0.1, 0.15) is 12.4 Å². The van der Waals surface area contributed by atoms with Gasteiger partial charge in [0.2, 0.25) is 0 Å². The van der Waals surface area contributed by atoms with E-state index in [9.17, 15) is 5.26 Å². The fourth-order valence-electron chi connectivity index (χ4n) is 2.72. The van der Waals surface area contributed by atoms with Crippen LogP contribution in [0.25, 0.3) is 5.69 Å². The number of nitriles is 1. The van der Waals surface area contributed by atoms with Crippen molar-refractivity contribution >= 4 is 5.69 Å². The molecule has 0 amide bonds. The van der Waals surface area contributed by atoms with Crippen LogP contribution in [0.4, 0.5) is 5.69 Å². The second-order valence-electron chi connectivity index (χ2n) is 4.83. The van der Waals surface area contributed by atoms with Crippen molar-refractivity contribution in [2.75, 3.05) is 5.01 Å². The second kappa shape index (κ2) is 3.85.